The Labute approximate surface area is 133 Å². The van der Waals surface area contributed by atoms with Crippen LogP contribution in [0.3, 0.4) is 0 Å². The van der Waals surface area contributed by atoms with E-state index in [0.717, 1.165) is 29.5 Å². The van der Waals surface area contributed by atoms with Crippen molar-refractivity contribution >= 4 is 39.8 Å². The van der Waals surface area contributed by atoms with E-state index >= 15 is 0 Å². The number of rotatable bonds is 8. The number of anilines is 2. The minimum atomic E-state index is -0.374. The van der Waals surface area contributed by atoms with Crippen LogP contribution in [-0.4, -0.2) is 39.6 Å². The summed E-state index contributed by atoms with van der Waals surface area (Å²) in [5.41, 5.74) is 6.92. The highest BCUT2D eigenvalue weighted by Crippen LogP contribution is 2.50. The Morgan fingerprint density at radius 1 is 1.48 bits per heavy atom. The summed E-state index contributed by atoms with van der Waals surface area (Å²) in [6.45, 7) is 1.68. The molecule has 7 heteroatoms. The van der Waals surface area contributed by atoms with Gasteiger partial charge < -0.3 is 20.5 Å². The lowest BCUT2D eigenvalue weighted by Crippen LogP contribution is -2.17. The number of nitrogens with two attached hydrogens (primary N) is 1. The molecule has 0 amide bonds. The van der Waals surface area contributed by atoms with Gasteiger partial charge in [-0.25, -0.2) is 4.79 Å². The number of hydrogen-bond acceptors (Lipinski definition) is 7. The fraction of sp³-hybridized carbons (Fsp3) is 0.643. The SMILES string of the molecule is COCCC1(CNc2sc(C(=O)OC)c(N)c2SC)CC1. The van der Waals surface area contributed by atoms with Gasteiger partial charge in [-0.15, -0.1) is 23.1 Å². The van der Waals surface area contributed by atoms with E-state index in [0.29, 0.717) is 16.0 Å². The number of carbonyl (C=O) groups is 1. The van der Waals surface area contributed by atoms with Crippen molar-refractivity contribution in [1.29, 1.82) is 0 Å². The summed E-state index contributed by atoms with van der Waals surface area (Å²) in [7, 11) is 3.11. The lowest BCUT2D eigenvalue weighted by molar-refractivity contribution is 0.0607. The van der Waals surface area contributed by atoms with Crippen molar-refractivity contribution in [2.24, 2.45) is 5.41 Å². The lowest BCUT2D eigenvalue weighted by atomic mass is 10.0. The van der Waals surface area contributed by atoms with E-state index in [9.17, 15) is 4.79 Å². The molecule has 1 fully saturated rings. The molecule has 0 atom stereocenters. The number of hydrogen-bond donors (Lipinski definition) is 2. The molecule has 2 rings (SSSR count). The van der Waals surface area contributed by atoms with Crippen LogP contribution in [0.5, 0.6) is 0 Å². The van der Waals surface area contributed by atoms with Crippen LogP contribution in [0.4, 0.5) is 10.7 Å². The minimum absolute atomic E-state index is 0.343. The zero-order valence-corrected chi connectivity index (χ0v) is 14.3. The van der Waals surface area contributed by atoms with Crippen molar-refractivity contribution in [3.05, 3.63) is 4.88 Å². The van der Waals surface area contributed by atoms with Crippen LogP contribution in [0.1, 0.15) is 28.9 Å². The van der Waals surface area contributed by atoms with Gasteiger partial charge in [-0.05, 0) is 30.9 Å². The number of nitrogen functional groups attached to an aromatic ring is 1. The highest BCUT2D eigenvalue weighted by molar-refractivity contribution is 7.99. The molecule has 0 bridgehead atoms. The van der Waals surface area contributed by atoms with E-state index in [1.807, 2.05) is 6.26 Å². The maximum absolute atomic E-state index is 11.7. The van der Waals surface area contributed by atoms with E-state index < -0.39 is 0 Å². The molecule has 1 aromatic heterocycles. The summed E-state index contributed by atoms with van der Waals surface area (Å²) in [6, 6.07) is 0. The molecule has 1 aromatic rings. The zero-order valence-electron chi connectivity index (χ0n) is 12.7. The van der Waals surface area contributed by atoms with Crippen LogP contribution in [0.25, 0.3) is 0 Å². The first kappa shape index (κ1) is 16.5. The molecule has 0 saturated heterocycles. The van der Waals surface area contributed by atoms with Gasteiger partial charge in [0.15, 0.2) is 0 Å². The largest absolute Gasteiger partial charge is 0.465 e. The smallest absolute Gasteiger partial charge is 0.350 e. The Kier molecular flexibility index (Phi) is 5.40. The van der Waals surface area contributed by atoms with Crippen LogP contribution >= 0.6 is 23.1 Å². The number of thioether (sulfide) groups is 1. The maximum atomic E-state index is 11.7. The Morgan fingerprint density at radius 2 is 2.19 bits per heavy atom. The van der Waals surface area contributed by atoms with E-state index in [4.69, 9.17) is 15.2 Å². The molecule has 1 aliphatic rings. The summed E-state index contributed by atoms with van der Waals surface area (Å²) in [6.07, 6.45) is 5.48. The molecule has 21 heavy (non-hydrogen) atoms. The summed E-state index contributed by atoms with van der Waals surface area (Å²) in [5, 5.41) is 4.43. The number of methoxy groups -OCH3 is 2. The van der Waals surface area contributed by atoms with Gasteiger partial charge >= 0.3 is 5.97 Å². The van der Waals surface area contributed by atoms with E-state index in [1.54, 1.807) is 18.9 Å². The third kappa shape index (κ3) is 3.64. The first-order chi connectivity index (χ1) is 10.1. The van der Waals surface area contributed by atoms with Crippen molar-refractivity contribution in [2.45, 2.75) is 24.2 Å². The van der Waals surface area contributed by atoms with Crippen molar-refractivity contribution in [3.63, 3.8) is 0 Å². The third-order valence-electron chi connectivity index (χ3n) is 3.89. The zero-order chi connectivity index (χ0) is 15.5. The molecule has 1 saturated carbocycles. The molecule has 0 unspecified atom stereocenters. The summed E-state index contributed by atoms with van der Waals surface area (Å²) in [4.78, 5) is 13.1. The molecule has 3 N–H and O–H groups in total. The van der Waals surface area contributed by atoms with Gasteiger partial charge in [-0.1, -0.05) is 0 Å². The number of carbonyl (C=O) groups excluding carboxylic acids is 1. The van der Waals surface area contributed by atoms with Gasteiger partial charge in [0.25, 0.3) is 0 Å². The normalized spacial score (nSPS) is 15.8. The second kappa shape index (κ2) is 6.89. The van der Waals surface area contributed by atoms with Gasteiger partial charge in [-0.2, -0.15) is 0 Å². The number of esters is 1. The van der Waals surface area contributed by atoms with Gasteiger partial charge in [0.05, 0.1) is 17.7 Å². The van der Waals surface area contributed by atoms with Crippen LogP contribution < -0.4 is 11.1 Å². The van der Waals surface area contributed by atoms with E-state index in [-0.39, 0.29) is 5.97 Å². The van der Waals surface area contributed by atoms with E-state index in [1.165, 1.54) is 31.3 Å². The molecule has 1 heterocycles. The predicted octanol–water partition coefficient (Wildman–Crippen LogP) is 3.07. The second-order valence-electron chi connectivity index (χ2n) is 5.30. The highest BCUT2D eigenvalue weighted by Gasteiger charge is 2.42. The van der Waals surface area contributed by atoms with Gasteiger partial charge in [0, 0.05) is 20.3 Å². The van der Waals surface area contributed by atoms with E-state index in [2.05, 4.69) is 5.32 Å². The monoisotopic (exact) mass is 330 g/mol. The number of nitrogens with one attached hydrogen (secondary N) is 1. The van der Waals surface area contributed by atoms with Crippen molar-refractivity contribution < 1.29 is 14.3 Å². The molecular formula is C14H22N2O3S2. The number of thiophene rings is 1. The summed E-state index contributed by atoms with van der Waals surface area (Å²) in [5.74, 6) is -0.374. The van der Waals surface area contributed by atoms with Crippen molar-refractivity contribution in [1.82, 2.24) is 0 Å². The van der Waals surface area contributed by atoms with Gasteiger partial charge in [-0.3, -0.25) is 0 Å². The number of ether oxygens (including phenoxy) is 2. The fourth-order valence-electron chi connectivity index (χ4n) is 2.27. The van der Waals surface area contributed by atoms with Gasteiger partial charge in [0.1, 0.15) is 9.88 Å². The first-order valence-electron chi connectivity index (χ1n) is 6.84. The van der Waals surface area contributed by atoms with Crippen molar-refractivity contribution in [3.8, 4) is 0 Å². The fourth-order valence-corrected chi connectivity index (χ4v) is 4.22. The standard InChI is InChI=1S/C14H22N2O3S2/c1-18-7-6-14(4-5-14)8-16-12-10(20-3)9(15)11(21-12)13(17)19-2/h16H,4-8,15H2,1-3H3. The average molecular weight is 330 g/mol. The summed E-state index contributed by atoms with van der Waals surface area (Å²) < 4.78 is 9.95. The van der Waals surface area contributed by atoms with Crippen LogP contribution in [0, 0.1) is 5.41 Å². The molecule has 0 aromatic carbocycles. The van der Waals surface area contributed by atoms with Crippen LogP contribution in [0.2, 0.25) is 0 Å². The predicted molar refractivity (Wildman–Crippen MR) is 88.5 cm³/mol. The molecule has 118 valence electrons. The third-order valence-corrected chi connectivity index (χ3v) is 6.00. The Bertz CT molecular complexity index is 513. The average Bonchev–Trinajstić information content (AvgIpc) is 3.20. The lowest BCUT2D eigenvalue weighted by Gasteiger charge is -2.16. The molecular weight excluding hydrogens is 308 g/mol. The minimum Gasteiger partial charge on any atom is -0.465 e. The Balaban J connectivity index is 2.08. The maximum Gasteiger partial charge on any atom is 0.350 e. The molecule has 1 aliphatic carbocycles. The molecule has 5 nitrogen and oxygen atoms in total. The van der Waals surface area contributed by atoms with Crippen molar-refractivity contribution in [2.75, 3.05) is 44.7 Å². The Morgan fingerprint density at radius 3 is 2.71 bits per heavy atom. The van der Waals surface area contributed by atoms with Crippen LogP contribution in [-0.2, 0) is 9.47 Å². The quantitative estimate of drug-likeness (QED) is 0.564. The molecule has 0 radical (unpaired) electrons. The topological polar surface area (TPSA) is 73.6 Å². The van der Waals surface area contributed by atoms with Crippen LogP contribution in [0.15, 0.2) is 4.90 Å². The highest BCUT2D eigenvalue weighted by atomic mass is 32.2. The molecule has 0 aliphatic heterocycles. The summed E-state index contributed by atoms with van der Waals surface area (Å²) >= 11 is 2.92. The first-order valence-corrected chi connectivity index (χ1v) is 8.88. The van der Waals surface area contributed by atoms with Gasteiger partial charge in [0.2, 0.25) is 0 Å². The second-order valence-corrected chi connectivity index (χ2v) is 7.13. The molecule has 0 spiro atoms. The Hall–Kier alpha value is -0.920.